The predicted molar refractivity (Wildman–Crippen MR) is 120 cm³/mol. The highest BCUT2D eigenvalue weighted by Crippen LogP contribution is 2.19. The molecule has 2 heterocycles. The highest BCUT2D eigenvalue weighted by molar-refractivity contribution is 7.92. The van der Waals surface area contributed by atoms with Crippen LogP contribution in [0, 0.1) is 0 Å². The average molecular weight is 446 g/mol. The van der Waals surface area contributed by atoms with E-state index in [1.165, 1.54) is 6.08 Å². The van der Waals surface area contributed by atoms with Crippen LogP contribution in [0.5, 0.6) is 0 Å². The summed E-state index contributed by atoms with van der Waals surface area (Å²) >= 11 is 0. The average Bonchev–Trinajstić information content (AvgIpc) is 3.13. The van der Waals surface area contributed by atoms with E-state index in [2.05, 4.69) is 24.9 Å². The van der Waals surface area contributed by atoms with Crippen molar-refractivity contribution in [2.45, 2.75) is 25.9 Å². The van der Waals surface area contributed by atoms with Gasteiger partial charge in [-0.1, -0.05) is 12.1 Å². The Kier molecular flexibility index (Phi) is 7.59. The minimum absolute atomic E-state index is 0.243. The van der Waals surface area contributed by atoms with Crippen molar-refractivity contribution in [3.63, 3.8) is 0 Å². The summed E-state index contributed by atoms with van der Waals surface area (Å²) in [6.45, 7) is 4.59. The van der Waals surface area contributed by atoms with E-state index in [1.54, 1.807) is 31.5 Å². The molecule has 0 spiro atoms. The Morgan fingerprint density at radius 3 is 2.87 bits per heavy atom. The van der Waals surface area contributed by atoms with Crippen molar-refractivity contribution in [3.05, 3.63) is 54.0 Å². The van der Waals surface area contributed by atoms with Gasteiger partial charge in [0.05, 0.1) is 31.0 Å². The number of benzene rings is 1. The monoisotopic (exact) mass is 445 g/mol. The molecule has 1 aliphatic rings. The third-order valence-electron chi connectivity index (χ3n) is 4.61. The Hall–Kier alpha value is -2.98. The van der Waals surface area contributed by atoms with E-state index >= 15 is 0 Å². The van der Waals surface area contributed by atoms with Gasteiger partial charge in [-0.05, 0) is 37.1 Å². The van der Waals surface area contributed by atoms with Gasteiger partial charge in [0.1, 0.15) is 5.82 Å². The van der Waals surface area contributed by atoms with E-state index < -0.39 is 16.0 Å². The number of ether oxygens (including phenoxy) is 1. The van der Waals surface area contributed by atoms with Crippen LogP contribution in [-0.2, 0) is 26.1 Å². The van der Waals surface area contributed by atoms with Gasteiger partial charge in [0.25, 0.3) is 0 Å². The Bertz CT molecular complexity index is 1020. The number of nitrogens with one attached hydrogen (secondary N) is 2. The number of carbonyl (C=O) groups excluding carboxylic acids is 1. The first-order chi connectivity index (χ1) is 14.8. The SMILES string of the molecule is CCOC(=O)C=Cc1cnc(N[C@@H]2CCN(Cc3cccc(NS(C)(=O)=O)c3)C2)cn1. The number of sulfonamides is 1. The summed E-state index contributed by atoms with van der Waals surface area (Å²) in [4.78, 5) is 22.3. The molecule has 0 unspecified atom stereocenters. The number of hydrogen-bond acceptors (Lipinski definition) is 8. The molecule has 9 nitrogen and oxygen atoms in total. The fourth-order valence-corrected chi connectivity index (χ4v) is 3.91. The lowest BCUT2D eigenvalue weighted by molar-refractivity contribution is -0.137. The summed E-state index contributed by atoms with van der Waals surface area (Å²) in [7, 11) is -3.29. The molecule has 0 amide bonds. The summed E-state index contributed by atoms with van der Waals surface area (Å²) in [5.74, 6) is 0.273. The van der Waals surface area contributed by atoms with Crippen LogP contribution in [0.4, 0.5) is 11.5 Å². The minimum atomic E-state index is -3.29. The van der Waals surface area contributed by atoms with E-state index in [4.69, 9.17) is 4.74 Å². The number of carbonyl (C=O) groups is 1. The molecule has 1 atom stereocenters. The highest BCUT2D eigenvalue weighted by atomic mass is 32.2. The molecule has 2 aromatic rings. The number of esters is 1. The van der Waals surface area contributed by atoms with Crippen LogP contribution < -0.4 is 10.0 Å². The second-order valence-corrected chi connectivity index (χ2v) is 9.10. The quantitative estimate of drug-likeness (QED) is 0.446. The van der Waals surface area contributed by atoms with Gasteiger partial charge in [0.15, 0.2) is 0 Å². The number of rotatable bonds is 9. The summed E-state index contributed by atoms with van der Waals surface area (Å²) in [6, 6.07) is 7.68. The fourth-order valence-electron chi connectivity index (χ4n) is 3.35. The van der Waals surface area contributed by atoms with Gasteiger partial charge in [0, 0.05) is 37.4 Å². The minimum Gasteiger partial charge on any atom is -0.463 e. The summed E-state index contributed by atoms with van der Waals surface area (Å²) < 4.78 is 30.2. The maximum atomic E-state index is 11.4. The standard InChI is InChI=1S/C21H27N5O4S/c1-3-30-21(27)8-7-18-12-23-20(13-22-18)24-19-9-10-26(15-19)14-16-5-4-6-17(11-16)25-31(2,28)29/h4-8,11-13,19,25H,3,9-10,14-15H2,1-2H3,(H,23,24)/t19-/m1/s1. The number of hydrogen-bond donors (Lipinski definition) is 2. The van der Waals surface area contributed by atoms with Crippen molar-refractivity contribution in [2.24, 2.45) is 0 Å². The van der Waals surface area contributed by atoms with Gasteiger partial charge in [-0.25, -0.2) is 18.2 Å². The Labute approximate surface area is 182 Å². The van der Waals surface area contributed by atoms with Crippen LogP contribution in [0.2, 0.25) is 0 Å². The van der Waals surface area contributed by atoms with Gasteiger partial charge in [-0.3, -0.25) is 14.6 Å². The molecular formula is C21H27N5O4S. The van der Waals surface area contributed by atoms with Crippen molar-refractivity contribution < 1.29 is 17.9 Å². The Morgan fingerprint density at radius 1 is 1.32 bits per heavy atom. The molecule has 166 valence electrons. The zero-order valence-corrected chi connectivity index (χ0v) is 18.4. The maximum Gasteiger partial charge on any atom is 0.330 e. The first-order valence-corrected chi connectivity index (χ1v) is 11.9. The number of anilines is 2. The molecule has 1 aromatic heterocycles. The van der Waals surface area contributed by atoms with Gasteiger partial charge in [-0.2, -0.15) is 0 Å². The molecule has 1 aromatic carbocycles. The van der Waals surface area contributed by atoms with E-state index in [0.29, 0.717) is 23.8 Å². The maximum absolute atomic E-state index is 11.4. The molecular weight excluding hydrogens is 418 g/mol. The van der Waals surface area contributed by atoms with E-state index in [0.717, 1.165) is 37.9 Å². The summed E-state index contributed by atoms with van der Waals surface area (Å²) in [5, 5.41) is 3.39. The molecule has 2 N–H and O–H groups in total. The lowest BCUT2D eigenvalue weighted by atomic mass is 10.2. The summed E-state index contributed by atoms with van der Waals surface area (Å²) in [6.07, 6.45) is 8.25. The van der Waals surface area contributed by atoms with Gasteiger partial charge < -0.3 is 10.1 Å². The van der Waals surface area contributed by atoms with Gasteiger partial charge in [0.2, 0.25) is 10.0 Å². The molecule has 0 saturated carbocycles. The van der Waals surface area contributed by atoms with Crippen molar-refractivity contribution in [1.29, 1.82) is 0 Å². The first-order valence-electron chi connectivity index (χ1n) is 10.0. The van der Waals surface area contributed by atoms with Gasteiger partial charge >= 0.3 is 5.97 Å². The first kappa shape index (κ1) is 22.7. The van der Waals surface area contributed by atoms with E-state index in [9.17, 15) is 13.2 Å². The molecule has 1 aliphatic heterocycles. The third kappa shape index (κ3) is 7.65. The van der Waals surface area contributed by atoms with Gasteiger partial charge in [-0.15, -0.1) is 0 Å². The topological polar surface area (TPSA) is 114 Å². The second-order valence-electron chi connectivity index (χ2n) is 7.35. The molecule has 0 aliphatic carbocycles. The van der Waals surface area contributed by atoms with Crippen molar-refractivity contribution in [2.75, 3.05) is 36.0 Å². The van der Waals surface area contributed by atoms with Crippen molar-refractivity contribution in [3.8, 4) is 0 Å². The second kappa shape index (κ2) is 10.4. The van der Waals surface area contributed by atoms with Crippen molar-refractivity contribution >= 4 is 33.6 Å². The lowest BCUT2D eigenvalue weighted by Crippen LogP contribution is -2.26. The number of likely N-dealkylation sites (tertiary alicyclic amines) is 1. The zero-order valence-electron chi connectivity index (χ0n) is 17.6. The fraction of sp³-hybridized carbons (Fsp3) is 0.381. The Morgan fingerprint density at radius 2 is 2.16 bits per heavy atom. The van der Waals surface area contributed by atoms with Crippen LogP contribution >= 0.6 is 0 Å². The Balaban J connectivity index is 1.50. The largest absolute Gasteiger partial charge is 0.463 e. The molecule has 0 radical (unpaired) electrons. The van der Waals surface area contributed by atoms with E-state index in [-0.39, 0.29) is 6.04 Å². The molecule has 31 heavy (non-hydrogen) atoms. The third-order valence-corrected chi connectivity index (χ3v) is 5.22. The van der Waals surface area contributed by atoms with E-state index in [1.807, 2.05) is 18.2 Å². The summed E-state index contributed by atoms with van der Waals surface area (Å²) in [5.41, 5.74) is 2.20. The normalized spacial score (nSPS) is 17.0. The highest BCUT2D eigenvalue weighted by Gasteiger charge is 2.22. The molecule has 10 heteroatoms. The van der Waals surface area contributed by atoms with Crippen molar-refractivity contribution in [1.82, 2.24) is 14.9 Å². The molecule has 1 fully saturated rings. The molecule has 1 saturated heterocycles. The van der Waals surface area contributed by atoms with Crippen LogP contribution in [0.25, 0.3) is 6.08 Å². The van der Waals surface area contributed by atoms with Crippen LogP contribution in [0.3, 0.4) is 0 Å². The van der Waals surface area contributed by atoms with Crippen LogP contribution in [0.1, 0.15) is 24.6 Å². The number of nitrogens with zero attached hydrogens (tertiary/aromatic N) is 3. The van der Waals surface area contributed by atoms with Crippen LogP contribution in [-0.4, -0.2) is 61.2 Å². The smallest absolute Gasteiger partial charge is 0.330 e. The lowest BCUT2D eigenvalue weighted by Gasteiger charge is -2.17. The molecule has 3 rings (SSSR count). The number of aromatic nitrogens is 2. The zero-order chi connectivity index (χ0) is 22.3. The predicted octanol–water partition coefficient (Wildman–Crippen LogP) is 2.11. The van der Waals surface area contributed by atoms with Crippen LogP contribution in [0.15, 0.2) is 42.7 Å². The molecule has 0 bridgehead atoms.